The Balaban J connectivity index is 4.84. The number of hydrogen-bond donors (Lipinski definition) is 1. The number of hydrogen-bond acceptors (Lipinski definition) is 7. The van der Waals surface area contributed by atoms with Crippen molar-refractivity contribution in [3.05, 3.63) is 0 Å². The molecule has 11 heteroatoms. The molecule has 0 aromatic heterocycles. The van der Waals surface area contributed by atoms with E-state index in [2.05, 4.69) is 0 Å². The van der Waals surface area contributed by atoms with Crippen molar-refractivity contribution >= 4 is 34.9 Å². The minimum atomic E-state index is -2.65. The van der Waals surface area contributed by atoms with Crippen LogP contribution in [-0.4, -0.2) is 80.4 Å². The standard InChI is InChI=1S/C19H44N2O6SSi2/c1-7-22-29(23-8-2,24-9-3)17-13-15-21(19(20)28)16-14-18-30(25-10-4,26-11-5)27-12-6/h7-18H2,1-6H3,(H2,20,28). The Morgan fingerprint density at radius 1 is 0.633 bits per heavy atom. The maximum absolute atomic E-state index is 5.98. The minimum Gasteiger partial charge on any atom is -0.376 e. The lowest BCUT2D eigenvalue weighted by atomic mass is 10.4. The van der Waals surface area contributed by atoms with Gasteiger partial charge in [0.1, 0.15) is 0 Å². The molecule has 8 nitrogen and oxygen atoms in total. The van der Waals surface area contributed by atoms with Crippen LogP contribution in [0, 0.1) is 0 Å². The molecule has 0 amide bonds. The van der Waals surface area contributed by atoms with E-state index in [0.717, 1.165) is 38.0 Å². The van der Waals surface area contributed by atoms with Gasteiger partial charge < -0.3 is 37.2 Å². The van der Waals surface area contributed by atoms with Crippen molar-refractivity contribution in [1.29, 1.82) is 0 Å². The second-order valence-corrected chi connectivity index (χ2v) is 12.4. The number of rotatable bonds is 20. The van der Waals surface area contributed by atoms with Crippen LogP contribution in [0.5, 0.6) is 0 Å². The summed E-state index contributed by atoms with van der Waals surface area (Å²) < 4.78 is 35.6. The lowest BCUT2D eigenvalue weighted by Crippen LogP contribution is -2.47. The van der Waals surface area contributed by atoms with E-state index in [4.69, 9.17) is 44.5 Å². The molecule has 0 heterocycles. The highest BCUT2D eigenvalue weighted by atomic mass is 32.1. The summed E-state index contributed by atoms with van der Waals surface area (Å²) in [6.07, 6.45) is 1.66. The van der Waals surface area contributed by atoms with Crippen molar-refractivity contribution in [2.75, 3.05) is 52.7 Å². The molecule has 0 aliphatic heterocycles. The quantitative estimate of drug-likeness (QED) is 0.206. The molecule has 0 saturated heterocycles. The summed E-state index contributed by atoms with van der Waals surface area (Å²) in [4.78, 5) is 2.02. The summed E-state index contributed by atoms with van der Waals surface area (Å²) in [5.74, 6) is 0. The molecular formula is C19H44N2O6SSi2. The Hall–Kier alpha value is -0.116. The third kappa shape index (κ3) is 11.5. The third-order valence-corrected chi connectivity index (χ3v) is 10.9. The molecule has 0 spiro atoms. The van der Waals surface area contributed by atoms with Crippen LogP contribution in [0.3, 0.4) is 0 Å². The van der Waals surface area contributed by atoms with Gasteiger partial charge >= 0.3 is 17.6 Å². The summed E-state index contributed by atoms with van der Waals surface area (Å²) in [5, 5.41) is 0.392. The molecule has 180 valence electrons. The highest BCUT2D eigenvalue weighted by molar-refractivity contribution is 7.80. The van der Waals surface area contributed by atoms with E-state index >= 15 is 0 Å². The maximum Gasteiger partial charge on any atom is 0.500 e. The molecule has 0 aliphatic rings. The van der Waals surface area contributed by atoms with Crippen molar-refractivity contribution in [2.45, 2.75) is 66.5 Å². The van der Waals surface area contributed by atoms with Gasteiger partial charge in [0.05, 0.1) is 0 Å². The summed E-state index contributed by atoms with van der Waals surface area (Å²) in [7, 11) is -5.31. The van der Waals surface area contributed by atoms with Crippen LogP contribution in [0.2, 0.25) is 12.1 Å². The first-order valence-electron chi connectivity index (χ1n) is 11.3. The van der Waals surface area contributed by atoms with Gasteiger partial charge in [-0.25, -0.2) is 0 Å². The Morgan fingerprint density at radius 2 is 0.900 bits per heavy atom. The van der Waals surface area contributed by atoms with E-state index in [9.17, 15) is 0 Å². The fourth-order valence-corrected chi connectivity index (χ4v) is 8.68. The fraction of sp³-hybridized carbons (Fsp3) is 0.947. The zero-order valence-electron chi connectivity index (χ0n) is 19.9. The molecule has 0 atom stereocenters. The SMILES string of the molecule is CCO[Si](CCCN(CCC[Si](OCC)(OCC)OCC)C(N)=S)(OCC)OCC. The minimum absolute atomic E-state index is 0.392. The second-order valence-electron chi connectivity index (χ2n) is 6.50. The first-order valence-corrected chi connectivity index (χ1v) is 15.5. The van der Waals surface area contributed by atoms with E-state index in [1.165, 1.54) is 0 Å². The molecule has 30 heavy (non-hydrogen) atoms. The molecule has 0 aromatic carbocycles. The second kappa shape index (κ2) is 17.4. The summed E-state index contributed by atoms with van der Waals surface area (Å²) >= 11 is 5.28. The lowest BCUT2D eigenvalue weighted by molar-refractivity contribution is 0.0703. The van der Waals surface area contributed by atoms with Gasteiger partial charge in [-0.1, -0.05) is 0 Å². The average molecular weight is 485 g/mol. The zero-order valence-corrected chi connectivity index (χ0v) is 22.7. The van der Waals surface area contributed by atoms with E-state index in [-0.39, 0.29) is 0 Å². The average Bonchev–Trinajstić information content (AvgIpc) is 2.68. The maximum atomic E-state index is 5.98. The third-order valence-electron chi connectivity index (χ3n) is 4.32. The number of nitrogens with zero attached hydrogens (tertiary/aromatic N) is 1. The fourth-order valence-electron chi connectivity index (χ4n) is 3.31. The van der Waals surface area contributed by atoms with Crippen molar-refractivity contribution in [3.63, 3.8) is 0 Å². The Labute approximate surface area is 191 Å². The van der Waals surface area contributed by atoms with Gasteiger partial charge in [0.15, 0.2) is 5.11 Å². The van der Waals surface area contributed by atoms with Crippen molar-refractivity contribution in [3.8, 4) is 0 Å². The van der Waals surface area contributed by atoms with Crippen molar-refractivity contribution in [2.24, 2.45) is 5.73 Å². The topological polar surface area (TPSA) is 84.6 Å². The number of thiocarbonyl (C=S) groups is 1. The van der Waals surface area contributed by atoms with E-state index in [0.29, 0.717) is 44.8 Å². The lowest BCUT2D eigenvalue weighted by Gasteiger charge is -2.31. The molecule has 0 aliphatic carbocycles. The summed E-state index contributed by atoms with van der Waals surface area (Å²) in [6, 6.07) is 1.47. The molecule has 0 saturated carbocycles. The van der Waals surface area contributed by atoms with Gasteiger partial charge in [-0.05, 0) is 66.6 Å². The van der Waals surface area contributed by atoms with E-state index in [1.807, 2.05) is 46.4 Å². The van der Waals surface area contributed by atoms with Crippen LogP contribution in [0.4, 0.5) is 0 Å². The summed E-state index contributed by atoms with van der Waals surface area (Å²) in [5.41, 5.74) is 5.98. The highest BCUT2D eigenvalue weighted by Crippen LogP contribution is 2.20. The van der Waals surface area contributed by atoms with Crippen molar-refractivity contribution < 1.29 is 26.6 Å². The smallest absolute Gasteiger partial charge is 0.376 e. The van der Waals surface area contributed by atoms with Gasteiger partial charge in [-0.15, -0.1) is 0 Å². The first kappa shape index (κ1) is 29.9. The predicted octanol–water partition coefficient (Wildman–Crippen LogP) is 3.41. The van der Waals surface area contributed by atoms with Crippen LogP contribution in [0.1, 0.15) is 54.4 Å². The largest absolute Gasteiger partial charge is 0.500 e. The van der Waals surface area contributed by atoms with Crippen LogP contribution < -0.4 is 5.73 Å². The highest BCUT2D eigenvalue weighted by Gasteiger charge is 2.41. The van der Waals surface area contributed by atoms with E-state index < -0.39 is 17.6 Å². The van der Waals surface area contributed by atoms with Gasteiger partial charge in [-0.3, -0.25) is 0 Å². The van der Waals surface area contributed by atoms with Gasteiger partial charge in [0.25, 0.3) is 0 Å². The van der Waals surface area contributed by atoms with Crippen LogP contribution in [0.25, 0.3) is 0 Å². The molecule has 0 bridgehead atoms. The number of nitrogens with two attached hydrogens (primary N) is 1. The Kier molecular flexibility index (Phi) is 17.4. The molecule has 0 fully saturated rings. The molecule has 0 unspecified atom stereocenters. The predicted molar refractivity (Wildman–Crippen MR) is 128 cm³/mol. The Morgan fingerprint density at radius 3 is 1.10 bits per heavy atom. The summed E-state index contributed by atoms with van der Waals surface area (Å²) in [6.45, 7) is 16.7. The van der Waals surface area contributed by atoms with Crippen LogP contribution in [-0.2, 0) is 26.6 Å². The van der Waals surface area contributed by atoms with Crippen molar-refractivity contribution in [1.82, 2.24) is 4.90 Å². The normalized spacial score (nSPS) is 12.3. The molecule has 0 radical (unpaired) electrons. The first-order chi connectivity index (χ1) is 14.4. The van der Waals surface area contributed by atoms with Crippen LogP contribution >= 0.6 is 12.2 Å². The molecule has 0 rings (SSSR count). The van der Waals surface area contributed by atoms with Gasteiger partial charge in [0.2, 0.25) is 0 Å². The molecule has 2 N–H and O–H groups in total. The van der Waals surface area contributed by atoms with Gasteiger partial charge in [-0.2, -0.15) is 0 Å². The van der Waals surface area contributed by atoms with Gasteiger partial charge in [0, 0.05) is 64.8 Å². The monoisotopic (exact) mass is 484 g/mol. The Bertz CT molecular complexity index is 385. The van der Waals surface area contributed by atoms with E-state index in [1.54, 1.807) is 0 Å². The zero-order chi connectivity index (χ0) is 22.9. The molecule has 0 aromatic rings. The van der Waals surface area contributed by atoms with Crippen LogP contribution in [0.15, 0.2) is 0 Å². The molecular weight excluding hydrogens is 440 g/mol.